The predicted molar refractivity (Wildman–Crippen MR) is 129 cm³/mol. The second-order valence-electron chi connectivity index (χ2n) is 9.53. The zero-order valence-electron chi connectivity index (χ0n) is 20.1. The summed E-state index contributed by atoms with van der Waals surface area (Å²) in [6, 6.07) is 10.1. The van der Waals surface area contributed by atoms with Crippen molar-refractivity contribution in [3.8, 4) is 11.5 Å². The molecule has 1 fully saturated rings. The van der Waals surface area contributed by atoms with E-state index < -0.39 is 12.1 Å². The van der Waals surface area contributed by atoms with Gasteiger partial charge in [-0.1, -0.05) is 19.1 Å². The second-order valence-corrected chi connectivity index (χ2v) is 9.53. The maximum atomic E-state index is 13.4. The number of hydrogen-bond acceptors (Lipinski definition) is 6. The van der Waals surface area contributed by atoms with Crippen molar-refractivity contribution in [2.75, 3.05) is 38.4 Å². The summed E-state index contributed by atoms with van der Waals surface area (Å²) in [6.07, 6.45) is 3.51. The van der Waals surface area contributed by atoms with E-state index >= 15 is 0 Å². The maximum Gasteiger partial charge on any atom is 0.342 e. The van der Waals surface area contributed by atoms with Gasteiger partial charge in [-0.2, -0.15) is 9.78 Å². The molecule has 1 saturated heterocycles. The fourth-order valence-electron chi connectivity index (χ4n) is 4.12. The quantitative estimate of drug-likeness (QED) is 0.566. The highest BCUT2D eigenvalue weighted by molar-refractivity contribution is 6.00. The van der Waals surface area contributed by atoms with Crippen LogP contribution < -0.4 is 19.7 Å². The van der Waals surface area contributed by atoms with Crippen LogP contribution in [-0.4, -0.2) is 61.2 Å². The Hall–Kier alpha value is -3.92. The number of fused-ring (bicyclic) bond motifs is 1. The van der Waals surface area contributed by atoms with E-state index in [9.17, 15) is 14.0 Å². The number of ether oxygens (including phenoxy) is 3. The molecular formula is C26H27FN4O5. The molecule has 2 amide bonds. The van der Waals surface area contributed by atoms with Gasteiger partial charge in [0.15, 0.2) is 0 Å². The van der Waals surface area contributed by atoms with Crippen LogP contribution in [0.25, 0.3) is 0 Å². The van der Waals surface area contributed by atoms with Gasteiger partial charge in [0.05, 0.1) is 31.7 Å². The Morgan fingerprint density at radius 1 is 1.25 bits per heavy atom. The molecule has 1 N–H and O–H groups in total. The summed E-state index contributed by atoms with van der Waals surface area (Å²) in [7, 11) is 1.63. The summed E-state index contributed by atoms with van der Waals surface area (Å²) < 4.78 is 31.6. The molecule has 0 radical (unpaired) electrons. The van der Waals surface area contributed by atoms with Crippen molar-refractivity contribution in [2.45, 2.75) is 19.4 Å². The molecule has 5 rings (SSSR count). The molecule has 1 aromatic heterocycles. The second kappa shape index (κ2) is 9.62. The van der Waals surface area contributed by atoms with Crippen LogP contribution in [0.1, 0.15) is 18.1 Å². The Bertz CT molecular complexity index is 1290. The zero-order chi connectivity index (χ0) is 25.3. The van der Waals surface area contributed by atoms with Gasteiger partial charge in [-0.05, 0) is 35.4 Å². The van der Waals surface area contributed by atoms with Crippen LogP contribution in [0, 0.1) is 11.2 Å². The standard InChI is InChI=1S/C26H27FN4O5/c1-26(14-34-15-26)16-36-20-6-7-23-22(10-20)30(2)24(32)21(13-35-23)29-25(33)31-12-18(11-28-31)8-17-4-3-5-19(27)9-17/h3-7,9-12,21H,8,13-16H2,1-2H3,(H,29,33)/t21-/m0/s1. The SMILES string of the molecule is CN1C(=O)[C@@H](NC(=O)n2cc(Cc3cccc(F)c3)cn2)COc2ccc(OCC3(C)COC3)cc21. The third-order valence-electron chi connectivity index (χ3n) is 6.25. The lowest BCUT2D eigenvalue weighted by Crippen LogP contribution is -2.50. The molecule has 2 aliphatic rings. The topological polar surface area (TPSA) is 94.9 Å². The minimum Gasteiger partial charge on any atom is -0.493 e. The first kappa shape index (κ1) is 23.8. The van der Waals surface area contributed by atoms with Crippen molar-refractivity contribution >= 4 is 17.6 Å². The number of aromatic nitrogens is 2. The molecule has 0 bridgehead atoms. The number of hydrogen-bond donors (Lipinski definition) is 1. The van der Waals surface area contributed by atoms with Gasteiger partial charge in [0.25, 0.3) is 5.91 Å². The van der Waals surface area contributed by atoms with Crippen LogP contribution in [0.3, 0.4) is 0 Å². The highest BCUT2D eigenvalue weighted by Crippen LogP contribution is 2.35. The summed E-state index contributed by atoms with van der Waals surface area (Å²) in [4.78, 5) is 27.4. The smallest absolute Gasteiger partial charge is 0.342 e. The average molecular weight is 495 g/mol. The molecule has 188 valence electrons. The van der Waals surface area contributed by atoms with E-state index in [2.05, 4.69) is 17.3 Å². The fourth-order valence-corrected chi connectivity index (χ4v) is 4.12. The van der Waals surface area contributed by atoms with E-state index in [1.165, 1.54) is 23.2 Å². The Balaban J connectivity index is 1.23. The molecular weight excluding hydrogens is 467 g/mol. The first-order chi connectivity index (χ1) is 17.3. The molecule has 3 aromatic rings. The lowest BCUT2D eigenvalue weighted by Gasteiger charge is -2.37. The summed E-state index contributed by atoms with van der Waals surface area (Å²) in [5, 5.41) is 6.78. The van der Waals surface area contributed by atoms with E-state index in [1.54, 1.807) is 43.6 Å². The number of carbonyl (C=O) groups excluding carboxylic acids is 2. The Labute approximate surface area is 207 Å². The van der Waals surface area contributed by atoms with E-state index in [0.29, 0.717) is 43.4 Å². The highest BCUT2D eigenvalue weighted by Gasteiger charge is 2.35. The van der Waals surface area contributed by atoms with Crippen molar-refractivity contribution in [1.82, 2.24) is 15.1 Å². The third kappa shape index (κ3) is 5.03. The van der Waals surface area contributed by atoms with Gasteiger partial charge in [0, 0.05) is 31.1 Å². The number of halogens is 1. The van der Waals surface area contributed by atoms with E-state index in [0.717, 1.165) is 15.8 Å². The van der Waals surface area contributed by atoms with E-state index in [-0.39, 0.29) is 23.7 Å². The van der Waals surface area contributed by atoms with Gasteiger partial charge >= 0.3 is 6.03 Å². The number of anilines is 1. The summed E-state index contributed by atoms with van der Waals surface area (Å²) >= 11 is 0. The number of carbonyl (C=O) groups is 2. The molecule has 0 aliphatic carbocycles. The minimum atomic E-state index is -0.916. The lowest BCUT2D eigenvalue weighted by molar-refractivity contribution is -0.120. The largest absolute Gasteiger partial charge is 0.493 e. The zero-order valence-corrected chi connectivity index (χ0v) is 20.1. The minimum absolute atomic E-state index is 0.00988. The molecule has 36 heavy (non-hydrogen) atoms. The first-order valence-corrected chi connectivity index (χ1v) is 11.6. The van der Waals surface area contributed by atoms with Gasteiger partial charge in [0.2, 0.25) is 0 Å². The number of benzene rings is 2. The number of nitrogens with one attached hydrogen (secondary N) is 1. The van der Waals surface area contributed by atoms with Gasteiger partial charge < -0.3 is 24.4 Å². The van der Waals surface area contributed by atoms with Crippen LogP contribution in [0.4, 0.5) is 14.9 Å². The molecule has 1 atom stereocenters. The lowest BCUT2D eigenvalue weighted by atomic mass is 9.90. The summed E-state index contributed by atoms with van der Waals surface area (Å²) in [5.41, 5.74) is 2.05. The molecule has 2 aliphatic heterocycles. The number of rotatable bonds is 6. The molecule has 9 nitrogen and oxygen atoms in total. The molecule has 0 saturated carbocycles. The van der Waals surface area contributed by atoms with Crippen LogP contribution in [0.15, 0.2) is 54.9 Å². The predicted octanol–water partition coefficient (Wildman–Crippen LogP) is 3.01. The van der Waals surface area contributed by atoms with Crippen LogP contribution in [0.5, 0.6) is 11.5 Å². The molecule has 0 spiro atoms. The summed E-state index contributed by atoms with van der Waals surface area (Å²) in [5.74, 6) is 0.487. The monoisotopic (exact) mass is 494 g/mol. The number of amides is 2. The first-order valence-electron chi connectivity index (χ1n) is 11.6. The average Bonchev–Trinajstić information content (AvgIpc) is 3.28. The Morgan fingerprint density at radius 2 is 2.08 bits per heavy atom. The van der Waals surface area contributed by atoms with Gasteiger partial charge in [-0.25, -0.2) is 9.18 Å². The molecule has 3 heterocycles. The van der Waals surface area contributed by atoms with Crippen molar-refractivity contribution in [3.63, 3.8) is 0 Å². The van der Waals surface area contributed by atoms with Crippen LogP contribution in [0.2, 0.25) is 0 Å². The Morgan fingerprint density at radius 3 is 2.83 bits per heavy atom. The maximum absolute atomic E-state index is 13.4. The number of likely N-dealkylation sites (N-methyl/N-ethyl adjacent to an activating group) is 1. The van der Waals surface area contributed by atoms with E-state index in [1.807, 2.05) is 0 Å². The van der Waals surface area contributed by atoms with Gasteiger partial charge in [-0.15, -0.1) is 0 Å². The third-order valence-corrected chi connectivity index (χ3v) is 6.25. The van der Waals surface area contributed by atoms with E-state index in [4.69, 9.17) is 14.2 Å². The van der Waals surface area contributed by atoms with Crippen molar-refractivity contribution < 1.29 is 28.2 Å². The van der Waals surface area contributed by atoms with Crippen LogP contribution >= 0.6 is 0 Å². The van der Waals surface area contributed by atoms with Crippen LogP contribution in [-0.2, 0) is 16.0 Å². The molecule has 10 heteroatoms. The van der Waals surface area contributed by atoms with Gasteiger partial charge in [-0.3, -0.25) is 4.79 Å². The summed E-state index contributed by atoms with van der Waals surface area (Å²) in [6.45, 7) is 3.88. The Kier molecular flexibility index (Phi) is 6.36. The molecule has 2 aromatic carbocycles. The normalized spacial score (nSPS) is 18.5. The highest BCUT2D eigenvalue weighted by atomic mass is 19.1. The number of nitrogens with zero attached hydrogens (tertiary/aromatic N) is 3. The van der Waals surface area contributed by atoms with Crippen molar-refractivity contribution in [3.05, 3.63) is 71.8 Å². The van der Waals surface area contributed by atoms with Gasteiger partial charge in [0.1, 0.15) is 30.0 Å². The molecule has 0 unspecified atom stereocenters. The van der Waals surface area contributed by atoms with Crippen molar-refractivity contribution in [2.24, 2.45) is 5.41 Å². The fraction of sp³-hybridized carbons (Fsp3) is 0.346. The van der Waals surface area contributed by atoms with Crippen molar-refractivity contribution in [1.29, 1.82) is 0 Å².